The van der Waals surface area contributed by atoms with E-state index in [2.05, 4.69) is 21.9 Å². The fourth-order valence-corrected chi connectivity index (χ4v) is 1.76. The van der Waals surface area contributed by atoms with E-state index in [4.69, 9.17) is 16.3 Å². The van der Waals surface area contributed by atoms with E-state index in [1.54, 1.807) is 4.68 Å². The van der Waals surface area contributed by atoms with Crippen molar-refractivity contribution in [3.8, 4) is 17.6 Å². The van der Waals surface area contributed by atoms with Crippen LogP contribution in [-0.4, -0.2) is 20.6 Å². The van der Waals surface area contributed by atoms with E-state index < -0.39 is 0 Å². The molecule has 0 saturated carbocycles. The van der Waals surface area contributed by atoms with Gasteiger partial charge in [-0.05, 0) is 24.6 Å². The van der Waals surface area contributed by atoms with Gasteiger partial charge in [-0.3, -0.25) is 4.68 Å². The molecule has 20 heavy (non-hydrogen) atoms. The molecule has 0 unspecified atom stereocenters. The van der Waals surface area contributed by atoms with Crippen LogP contribution in [0.25, 0.3) is 0 Å². The van der Waals surface area contributed by atoms with Crippen LogP contribution in [0.2, 0.25) is 0 Å². The second-order valence-corrected chi connectivity index (χ2v) is 4.71. The molecule has 4 nitrogen and oxygen atoms in total. The van der Waals surface area contributed by atoms with Crippen LogP contribution >= 0.6 is 11.6 Å². The Morgan fingerprint density at radius 3 is 2.95 bits per heavy atom. The molecule has 0 bridgehead atoms. The van der Waals surface area contributed by atoms with E-state index in [9.17, 15) is 0 Å². The molecular formula is C15H16ClN3O. The van der Waals surface area contributed by atoms with Crippen molar-refractivity contribution in [2.45, 2.75) is 20.0 Å². The van der Waals surface area contributed by atoms with Crippen molar-refractivity contribution in [1.29, 1.82) is 0 Å². The molecule has 1 heterocycles. The topological polar surface area (TPSA) is 39.9 Å². The van der Waals surface area contributed by atoms with Crippen LogP contribution in [0.1, 0.15) is 23.4 Å². The summed E-state index contributed by atoms with van der Waals surface area (Å²) < 4.78 is 7.48. The first-order valence-electron chi connectivity index (χ1n) is 6.32. The Hall–Kier alpha value is -1.99. The third-order valence-corrected chi connectivity index (χ3v) is 2.93. The number of ether oxygens (including phenoxy) is 1. The van der Waals surface area contributed by atoms with E-state index in [0.29, 0.717) is 18.9 Å². The fourth-order valence-electron chi connectivity index (χ4n) is 1.67. The third kappa shape index (κ3) is 3.75. The maximum atomic E-state index is 5.79. The Morgan fingerprint density at radius 2 is 2.25 bits per heavy atom. The molecule has 0 radical (unpaired) electrons. The maximum absolute atomic E-state index is 5.79. The van der Waals surface area contributed by atoms with Gasteiger partial charge in [-0.1, -0.05) is 17.9 Å². The summed E-state index contributed by atoms with van der Waals surface area (Å²) in [6.45, 7) is 2.39. The highest BCUT2D eigenvalue weighted by Crippen LogP contribution is 2.20. The van der Waals surface area contributed by atoms with Crippen LogP contribution in [-0.2, 0) is 13.7 Å². The molecular weight excluding hydrogens is 274 g/mol. The van der Waals surface area contributed by atoms with E-state index >= 15 is 0 Å². The van der Waals surface area contributed by atoms with Crippen LogP contribution in [0, 0.1) is 18.8 Å². The largest absolute Gasteiger partial charge is 0.484 e. The Kier molecular flexibility index (Phi) is 5.03. The molecule has 0 N–H and O–H groups in total. The van der Waals surface area contributed by atoms with Gasteiger partial charge in [-0.15, -0.1) is 11.6 Å². The first-order valence-corrected chi connectivity index (χ1v) is 6.85. The van der Waals surface area contributed by atoms with Crippen LogP contribution in [0.4, 0.5) is 0 Å². The summed E-state index contributed by atoms with van der Waals surface area (Å²) in [7, 11) is 1.84. The zero-order valence-corrected chi connectivity index (χ0v) is 12.3. The molecule has 2 rings (SSSR count). The van der Waals surface area contributed by atoms with Gasteiger partial charge in [0.15, 0.2) is 5.82 Å². The molecule has 0 amide bonds. The summed E-state index contributed by atoms with van der Waals surface area (Å²) in [6.07, 6.45) is 2.17. The van der Waals surface area contributed by atoms with Gasteiger partial charge in [0, 0.05) is 19.3 Å². The van der Waals surface area contributed by atoms with Crippen molar-refractivity contribution in [2.75, 3.05) is 5.88 Å². The summed E-state index contributed by atoms with van der Waals surface area (Å²) in [6, 6.07) is 5.93. The average Bonchev–Trinajstić information content (AvgIpc) is 2.84. The lowest BCUT2D eigenvalue weighted by Gasteiger charge is -2.08. The normalized spacial score (nSPS) is 9.95. The Bertz CT molecular complexity index is 640. The van der Waals surface area contributed by atoms with E-state index in [0.717, 1.165) is 22.7 Å². The predicted octanol–water partition coefficient (Wildman–Crippen LogP) is 2.68. The van der Waals surface area contributed by atoms with Crippen molar-refractivity contribution >= 4 is 11.6 Å². The lowest BCUT2D eigenvalue weighted by Crippen LogP contribution is -2.05. The quantitative estimate of drug-likeness (QED) is 0.642. The lowest BCUT2D eigenvalue weighted by atomic mass is 10.1. The minimum absolute atomic E-state index is 0.365. The molecule has 0 aliphatic heterocycles. The number of halogens is 1. The number of hydrogen-bond donors (Lipinski definition) is 0. The molecule has 0 aliphatic rings. The fraction of sp³-hybridized carbons (Fsp3) is 0.333. The molecule has 5 heteroatoms. The molecule has 1 aromatic heterocycles. The Morgan fingerprint density at radius 1 is 1.40 bits per heavy atom. The molecule has 2 aromatic rings. The van der Waals surface area contributed by atoms with Crippen LogP contribution in [0.3, 0.4) is 0 Å². The second-order valence-electron chi connectivity index (χ2n) is 4.33. The van der Waals surface area contributed by atoms with Crippen LogP contribution in [0.15, 0.2) is 24.5 Å². The van der Waals surface area contributed by atoms with Gasteiger partial charge in [0.1, 0.15) is 18.7 Å². The number of rotatable bonds is 4. The SMILES string of the molecule is Cc1ccc(OCc2ncnn2C)c(C#CCCCl)c1. The van der Waals surface area contributed by atoms with Gasteiger partial charge in [-0.25, -0.2) is 4.98 Å². The van der Waals surface area contributed by atoms with Gasteiger partial charge >= 0.3 is 0 Å². The van der Waals surface area contributed by atoms with Gasteiger partial charge < -0.3 is 4.74 Å². The van der Waals surface area contributed by atoms with Gasteiger partial charge in [0.2, 0.25) is 0 Å². The average molecular weight is 290 g/mol. The number of nitrogens with zero attached hydrogens (tertiary/aromatic N) is 3. The summed E-state index contributed by atoms with van der Waals surface area (Å²) in [4.78, 5) is 4.13. The number of benzene rings is 1. The molecule has 1 aromatic carbocycles. The van der Waals surface area contributed by atoms with Crippen molar-refractivity contribution in [3.05, 3.63) is 41.5 Å². The van der Waals surface area contributed by atoms with E-state index in [1.165, 1.54) is 6.33 Å². The molecule has 0 saturated heterocycles. The Balaban J connectivity index is 2.15. The molecule has 0 aliphatic carbocycles. The minimum Gasteiger partial charge on any atom is -0.484 e. The van der Waals surface area contributed by atoms with Gasteiger partial charge in [-0.2, -0.15) is 5.10 Å². The van der Waals surface area contributed by atoms with Gasteiger partial charge in [0.05, 0.1) is 5.56 Å². The van der Waals surface area contributed by atoms with Crippen LogP contribution in [0.5, 0.6) is 5.75 Å². The van der Waals surface area contributed by atoms with Crippen molar-refractivity contribution in [1.82, 2.24) is 14.8 Å². The van der Waals surface area contributed by atoms with Crippen LogP contribution < -0.4 is 4.74 Å². The highest BCUT2D eigenvalue weighted by molar-refractivity contribution is 6.18. The molecule has 0 spiro atoms. The summed E-state index contributed by atoms with van der Waals surface area (Å²) in [5, 5.41) is 4.01. The summed E-state index contributed by atoms with van der Waals surface area (Å²) in [5.74, 6) is 8.18. The predicted molar refractivity (Wildman–Crippen MR) is 78.7 cm³/mol. The number of hydrogen-bond acceptors (Lipinski definition) is 3. The molecule has 104 valence electrons. The standard InChI is InChI=1S/C15H16ClN3O/c1-12-6-7-14(13(9-12)5-3-4-8-16)20-10-15-17-11-18-19(15)2/h6-7,9,11H,4,8,10H2,1-2H3. The zero-order chi connectivity index (χ0) is 14.4. The molecule has 0 atom stereocenters. The van der Waals surface area contributed by atoms with E-state index in [1.807, 2.05) is 32.2 Å². The zero-order valence-electron chi connectivity index (χ0n) is 11.6. The first-order chi connectivity index (χ1) is 9.70. The maximum Gasteiger partial charge on any atom is 0.164 e. The highest BCUT2D eigenvalue weighted by atomic mass is 35.5. The first kappa shape index (κ1) is 14.4. The minimum atomic E-state index is 0.365. The highest BCUT2D eigenvalue weighted by Gasteiger charge is 2.05. The Labute approximate surface area is 123 Å². The summed E-state index contributed by atoms with van der Waals surface area (Å²) >= 11 is 5.63. The second kappa shape index (κ2) is 6.97. The van der Waals surface area contributed by atoms with Crippen molar-refractivity contribution in [2.24, 2.45) is 7.05 Å². The smallest absolute Gasteiger partial charge is 0.164 e. The number of alkyl halides is 1. The van der Waals surface area contributed by atoms with E-state index in [-0.39, 0.29) is 0 Å². The monoisotopic (exact) mass is 289 g/mol. The summed E-state index contributed by atoms with van der Waals surface area (Å²) in [5.41, 5.74) is 2.02. The van der Waals surface area contributed by atoms with Gasteiger partial charge in [0.25, 0.3) is 0 Å². The number of aryl methyl sites for hydroxylation is 2. The number of aromatic nitrogens is 3. The molecule has 0 fully saturated rings. The lowest BCUT2D eigenvalue weighted by molar-refractivity contribution is 0.289. The van der Waals surface area contributed by atoms with Crippen molar-refractivity contribution < 1.29 is 4.74 Å². The third-order valence-electron chi connectivity index (χ3n) is 2.74. The van der Waals surface area contributed by atoms with Crippen molar-refractivity contribution in [3.63, 3.8) is 0 Å².